The zero-order chi connectivity index (χ0) is 16.2. The third kappa shape index (κ3) is 3.25. The van der Waals surface area contributed by atoms with E-state index in [9.17, 15) is 9.90 Å². The summed E-state index contributed by atoms with van der Waals surface area (Å²) in [5, 5.41) is 18.9. The number of aromatic hydroxyl groups is 1. The molecule has 3 aromatic rings. The number of phenolic OH excluding ortho intramolecular Hbond substituents is 1. The molecule has 3 rings (SSSR count). The number of aromatic amines is 1. The summed E-state index contributed by atoms with van der Waals surface area (Å²) in [6, 6.07) is 8.23. The monoisotopic (exact) mass is 331 g/mol. The van der Waals surface area contributed by atoms with Crippen LogP contribution in [0.4, 0.5) is 0 Å². The summed E-state index contributed by atoms with van der Waals surface area (Å²) >= 11 is 1.48. The zero-order valence-corrected chi connectivity index (χ0v) is 13.2. The lowest BCUT2D eigenvalue weighted by Crippen LogP contribution is -2.21. The van der Waals surface area contributed by atoms with Gasteiger partial charge in [-0.2, -0.15) is 0 Å². The van der Waals surface area contributed by atoms with Crippen molar-refractivity contribution < 1.29 is 10.2 Å². The summed E-state index contributed by atoms with van der Waals surface area (Å²) < 4.78 is 1.54. The van der Waals surface area contributed by atoms with Gasteiger partial charge in [0.2, 0.25) is 0 Å². The lowest BCUT2D eigenvalue weighted by molar-refractivity contribution is 0.287. The largest absolute Gasteiger partial charge is 0.508 e. The fourth-order valence-electron chi connectivity index (χ4n) is 2.28. The molecule has 0 bridgehead atoms. The molecule has 7 heteroatoms. The number of nitrogens with zero attached hydrogens (tertiary/aromatic N) is 2. The number of aromatic nitrogens is 3. The molecule has 23 heavy (non-hydrogen) atoms. The van der Waals surface area contributed by atoms with E-state index in [-0.39, 0.29) is 17.9 Å². The topological polar surface area (TPSA) is 91.1 Å². The van der Waals surface area contributed by atoms with E-state index in [0.29, 0.717) is 21.9 Å². The molecular weight excluding hydrogens is 314 g/mol. The van der Waals surface area contributed by atoms with Crippen LogP contribution in [0.15, 0.2) is 46.5 Å². The molecule has 0 amide bonds. The summed E-state index contributed by atoms with van der Waals surface area (Å²) in [6.45, 7) is 0.162. The highest BCUT2D eigenvalue weighted by molar-refractivity contribution is 7.99. The summed E-state index contributed by atoms with van der Waals surface area (Å²) in [6.07, 6.45) is 3.26. The second-order valence-corrected chi connectivity index (χ2v) is 6.13. The maximum atomic E-state index is 12.8. The molecule has 0 radical (unpaired) electrons. The minimum absolute atomic E-state index is 0.146. The number of benzene rings is 1. The van der Waals surface area contributed by atoms with E-state index in [2.05, 4.69) is 9.97 Å². The van der Waals surface area contributed by atoms with Gasteiger partial charge >= 0.3 is 0 Å². The first-order chi connectivity index (χ1) is 11.2. The van der Waals surface area contributed by atoms with E-state index in [4.69, 9.17) is 5.11 Å². The van der Waals surface area contributed by atoms with E-state index < -0.39 is 0 Å². The Morgan fingerprint density at radius 3 is 2.70 bits per heavy atom. The predicted molar refractivity (Wildman–Crippen MR) is 90.4 cm³/mol. The molecule has 1 aromatic carbocycles. The van der Waals surface area contributed by atoms with Crippen LogP contribution in [-0.2, 0) is 0 Å². The van der Waals surface area contributed by atoms with Gasteiger partial charge in [0, 0.05) is 18.6 Å². The van der Waals surface area contributed by atoms with Crippen molar-refractivity contribution in [2.45, 2.75) is 18.0 Å². The molecule has 2 heterocycles. The molecule has 0 fully saturated rings. The number of aliphatic hydroxyl groups excluding tert-OH is 1. The van der Waals surface area contributed by atoms with E-state index >= 15 is 0 Å². The second-order valence-electron chi connectivity index (χ2n) is 5.07. The molecule has 0 spiro atoms. The van der Waals surface area contributed by atoms with Crippen LogP contribution in [0.2, 0.25) is 0 Å². The summed E-state index contributed by atoms with van der Waals surface area (Å²) in [4.78, 5) is 20.2. The highest BCUT2D eigenvalue weighted by atomic mass is 32.2. The van der Waals surface area contributed by atoms with E-state index in [1.807, 2.05) is 0 Å². The van der Waals surface area contributed by atoms with Crippen molar-refractivity contribution in [1.29, 1.82) is 0 Å². The molecule has 0 aliphatic rings. The van der Waals surface area contributed by atoms with Crippen molar-refractivity contribution in [1.82, 2.24) is 14.5 Å². The Morgan fingerprint density at radius 2 is 1.96 bits per heavy atom. The number of phenols is 1. The average Bonchev–Trinajstić information content (AvgIpc) is 3.02. The Hall–Kier alpha value is -2.25. The minimum atomic E-state index is -0.171. The standard InChI is InChI=1S/C16H17N3O3S/c20-9-1-2-10-23-16-18-13-7-8-17-14(13)15(22)19(16)11-3-5-12(21)6-4-11/h3-8,17,20-21H,1-2,9-10H2. The van der Waals surface area contributed by atoms with Crippen LogP contribution in [0.3, 0.4) is 0 Å². The number of unbranched alkanes of at least 4 members (excludes halogenated alkanes) is 1. The summed E-state index contributed by atoms with van der Waals surface area (Å²) in [5.74, 6) is 0.911. The van der Waals surface area contributed by atoms with E-state index in [1.165, 1.54) is 11.8 Å². The first-order valence-electron chi connectivity index (χ1n) is 7.34. The Labute approximate surface area is 136 Å². The fourth-order valence-corrected chi connectivity index (χ4v) is 3.29. The Morgan fingerprint density at radius 1 is 1.17 bits per heavy atom. The summed E-state index contributed by atoms with van der Waals surface area (Å²) in [7, 11) is 0. The third-order valence-corrected chi connectivity index (χ3v) is 4.47. The van der Waals surface area contributed by atoms with Gasteiger partial charge in [0.05, 0.1) is 11.2 Å². The van der Waals surface area contributed by atoms with Gasteiger partial charge in [0.1, 0.15) is 11.3 Å². The number of hydrogen-bond acceptors (Lipinski definition) is 5. The van der Waals surface area contributed by atoms with Crippen LogP contribution in [0.1, 0.15) is 12.8 Å². The van der Waals surface area contributed by atoms with Crippen molar-refractivity contribution in [3.8, 4) is 11.4 Å². The van der Waals surface area contributed by atoms with Gasteiger partial charge in [-0.05, 0) is 43.2 Å². The number of H-pyrrole nitrogens is 1. The van der Waals surface area contributed by atoms with Crippen LogP contribution < -0.4 is 5.56 Å². The van der Waals surface area contributed by atoms with Gasteiger partial charge in [0.15, 0.2) is 5.16 Å². The maximum absolute atomic E-state index is 12.8. The van der Waals surface area contributed by atoms with Gasteiger partial charge in [-0.15, -0.1) is 0 Å². The van der Waals surface area contributed by atoms with Gasteiger partial charge < -0.3 is 15.2 Å². The third-order valence-electron chi connectivity index (χ3n) is 3.44. The number of rotatable bonds is 6. The number of thioether (sulfide) groups is 1. The predicted octanol–water partition coefficient (Wildman–Crippen LogP) is 2.28. The van der Waals surface area contributed by atoms with E-state index in [1.54, 1.807) is 41.1 Å². The molecule has 0 aliphatic heterocycles. The molecule has 2 aromatic heterocycles. The molecule has 0 saturated carbocycles. The van der Waals surface area contributed by atoms with Crippen LogP contribution in [0, 0.1) is 0 Å². The number of hydrogen-bond donors (Lipinski definition) is 3. The first kappa shape index (κ1) is 15.6. The lowest BCUT2D eigenvalue weighted by Gasteiger charge is -2.12. The van der Waals surface area contributed by atoms with Gasteiger partial charge in [0.25, 0.3) is 5.56 Å². The van der Waals surface area contributed by atoms with Crippen LogP contribution in [0.5, 0.6) is 5.75 Å². The Kier molecular flexibility index (Phi) is 4.68. The minimum Gasteiger partial charge on any atom is -0.508 e. The lowest BCUT2D eigenvalue weighted by atomic mass is 10.3. The number of fused-ring (bicyclic) bond motifs is 1. The Bertz CT molecular complexity index is 855. The van der Waals surface area contributed by atoms with Crippen molar-refractivity contribution >= 4 is 22.8 Å². The van der Waals surface area contributed by atoms with Gasteiger partial charge in [-0.25, -0.2) is 4.98 Å². The molecule has 0 aliphatic carbocycles. The molecular formula is C16H17N3O3S. The number of nitrogens with one attached hydrogen (secondary N) is 1. The maximum Gasteiger partial charge on any atom is 0.283 e. The van der Waals surface area contributed by atoms with Crippen molar-refractivity contribution in [3.63, 3.8) is 0 Å². The van der Waals surface area contributed by atoms with Gasteiger partial charge in [-0.3, -0.25) is 9.36 Å². The zero-order valence-electron chi connectivity index (χ0n) is 12.4. The molecule has 0 unspecified atom stereocenters. The molecule has 0 saturated heterocycles. The van der Waals surface area contributed by atoms with Crippen molar-refractivity contribution in [2.75, 3.05) is 12.4 Å². The Balaban J connectivity index is 2.06. The average molecular weight is 331 g/mol. The first-order valence-corrected chi connectivity index (χ1v) is 8.32. The van der Waals surface area contributed by atoms with Crippen LogP contribution in [0.25, 0.3) is 16.7 Å². The SMILES string of the molecule is O=c1c2[nH]ccc2nc(SCCCCO)n1-c1ccc(O)cc1. The quantitative estimate of drug-likeness (QED) is 0.366. The molecule has 3 N–H and O–H groups in total. The van der Waals surface area contributed by atoms with Crippen molar-refractivity contribution in [2.24, 2.45) is 0 Å². The number of aliphatic hydroxyl groups is 1. The highest BCUT2D eigenvalue weighted by Gasteiger charge is 2.14. The molecule has 0 atom stereocenters. The smallest absolute Gasteiger partial charge is 0.283 e. The fraction of sp³-hybridized carbons (Fsp3) is 0.250. The van der Waals surface area contributed by atoms with Gasteiger partial charge in [-0.1, -0.05) is 11.8 Å². The van der Waals surface area contributed by atoms with Crippen LogP contribution >= 0.6 is 11.8 Å². The second kappa shape index (κ2) is 6.89. The van der Waals surface area contributed by atoms with Crippen molar-refractivity contribution in [3.05, 3.63) is 46.9 Å². The highest BCUT2D eigenvalue weighted by Crippen LogP contribution is 2.23. The molecule has 120 valence electrons. The van der Waals surface area contributed by atoms with E-state index in [0.717, 1.165) is 18.6 Å². The molecule has 6 nitrogen and oxygen atoms in total. The van der Waals surface area contributed by atoms with Crippen LogP contribution in [-0.4, -0.2) is 37.1 Å². The summed E-state index contributed by atoms with van der Waals surface area (Å²) in [5.41, 5.74) is 1.57. The normalized spacial score (nSPS) is 11.2.